The Morgan fingerprint density at radius 2 is 2.09 bits per heavy atom. The van der Waals surface area contributed by atoms with Gasteiger partial charge < -0.3 is 15.0 Å². The molecule has 0 aliphatic carbocycles. The Kier molecular flexibility index (Phi) is 4.60. The van der Waals surface area contributed by atoms with Crippen molar-refractivity contribution in [2.24, 2.45) is 0 Å². The summed E-state index contributed by atoms with van der Waals surface area (Å²) in [7, 11) is 1.32. The van der Waals surface area contributed by atoms with Gasteiger partial charge in [-0.15, -0.1) is 0 Å². The van der Waals surface area contributed by atoms with E-state index in [4.69, 9.17) is 0 Å². The first-order chi connectivity index (χ1) is 10.5. The van der Waals surface area contributed by atoms with E-state index in [1.165, 1.54) is 7.11 Å². The Balaban J connectivity index is 2.23. The van der Waals surface area contributed by atoms with E-state index in [0.717, 1.165) is 23.1 Å². The van der Waals surface area contributed by atoms with Gasteiger partial charge in [0.2, 0.25) is 0 Å². The van der Waals surface area contributed by atoms with Crippen LogP contribution in [0.3, 0.4) is 0 Å². The lowest BCUT2D eigenvalue weighted by atomic mass is 10.0. The maximum absolute atomic E-state index is 12.0. The van der Waals surface area contributed by atoms with Gasteiger partial charge in [0.15, 0.2) is 6.29 Å². The highest BCUT2D eigenvalue weighted by molar-refractivity contribution is 6.01. The molecule has 0 fully saturated rings. The molecule has 22 heavy (non-hydrogen) atoms. The van der Waals surface area contributed by atoms with Crippen molar-refractivity contribution >= 4 is 24.2 Å². The zero-order valence-corrected chi connectivity index (χ0v) is 12.8. The molecule has 0 radical (unpaired) electrons. The predicted octanol–water partition coefficient (Wildman–Crippen LogP) is 1.88. The minimum Gasteiger partial charge on any atom is -0.469 e. The summed E-state index contributed by atoms with van der Waals surface area (Å²) in [6.45, 7) is 3.66. The summed E-state index contributed by atoms with van der Waals surface area (Å²) in [5.74, 6) is -0.548. The summed E-state index contributed by atoms with van der Waals surface area (Å²) in [6, 6.07) is 1.84. The second-order valence-corrected chi connectivity index (χ2v) is 5.13. The molecule has 0 aromatic carbocycles. The summed E-state index contributed by atoms with van der Waals surface area (Å²) in [5, 5.41) is 2.78. The van der Waals surface area contributed by atoms with Crippen LogP contribution in [0.5, 0.6) is 0 Å². The number of rotatable bonds is 5. The van der Waals surface area contributed by atoms with Crippen molar-refractivity contribution in [1.82, 2.24) is 10.3 Å². The number of H-pyrrole nitrogens is 1. The van der Waals surface area contributed by atoms with E-state index >= 15 is 0 Å². The average molecular weight is 302 g/mol. The Morgan fingerprint density at radius 3 is 2.68 bits per heavy atom. The fourth-order valence-electron chi connectivity index (χ4n) is 2.36. The van der Waals surface area contributed by atoms with Crippen LogP contribution in [0.4, 0.5) is 0 Å². The normalized spacial score (nSPS) is 16.1. The number of hydrogen-bond acceptors (Lipinski definition) is 4. The number of aromatic nitrogens is 1. The fourth-order valence-corrected chi connectivity index (χ4v) is 2.36. The lowest BCUT2D eigenvalue weighted by Gasteiger charge is -2.00. The van der Waals surface area contributed by atoms with Crippen molar-refractivity contribution in [3.8, 4) is 0 Å². The summed E-state index contributed by atoms with van der Waals surface area (Å²) in [5.41, 5.74) is 4.15. The van der Waals surface area contributed by atoms with E-state index < -0.39 is 0 Å². The Hall–Kier alpha value is -2.63. The number of nitrogens with one attached hydrogen (secondary N) is 2. The number of hydrogen-bond donors (Lipinski definition) is 2. The SMILES string of the molecule is COC(=O)CCC1=C(C)/C(=C\c2cc(C)c(C=O)[nH]2)NC1=O. The van der Waals surface area contributed by atoms with Crippen molar-refractivity contribution in [2.75, 3.05) is 7.11 Å². The van der Waals surface area contributed by atoms with Gasteiger partial charge in [-0.1, -0.05) is 0 Å². The minimum atomic E-state index is -0.346. The molecule has 0 spiro atoms. The van der Waals surface area contributed by atoms with Gasteiger partial charge >= 0.3 is 5.97 Å². The number of esters is 1. The van der Waals surface area contributed by atoms with Gasteiger partial charge in [-0.2, -0.15) is 0 Å². The zero-order valence-electron chi connectivity index (χ0n) is 12.8. The summed E-state index contributed by atoms with van der Waals surface area (Å²) >= 11 is 0. The van der Waals surface area contributed by atoms with Crippen LogP contribution in [0, 0.1) is 6.92 Å². The Labute approximate surface area is 128 Å². The first kappa shape index (κ1) is 15.8. The Bertz CT molecular complexity index is 695. The van der Waals surface area contributed by atoms with Crippen molar-refractivity contribution in [1.29, 1.82) is 0 Å². The van der Waals surface area contributed by atoms with Gasteiger partial charge in [0, 0.05) is 23.4 Å². The quantitative estimate of drug-likeness (QED) is 0.642. The van der Waals surface area contributed by atoms with Crippen LogP contribution in [0.15, 0.2) is 22.9 Å². The number of allylic oxidation sites excluding steroid dienone is 1. The number of methoxy groups -OCH3 is 1. The van der Waals surface area contributed by atoms with E-state index in [9.17, 15) is 14.4 Å². The maximum atomic E-state index is 12.0. The summed E-state index contributed by atoms with van der Waals surface area (Å²) in [6.07, 6.45) is 3.04. The van der Waals surface area contributed by atoms with Crippen LogP contribution in [0.1, 0.15) is 41.5 Å². The average Bonchev–Trinajstić information content (AvgIpc) is 2.97. The number of ether oxygens (including phenoxy) is 1. The first-order valence-corrected chi connectivity index (χ1v) is 6.91. The maximum Gasteiger partial charge on any atom is 0.305 e. The number of aldehydes is 1. The highest BCUT2D eigenvalue weighted by Gasteiger charge is 2.24. The van der Waals surface area contributed by atoms with Crippen LogP contribution in [-0.2, 0) is 14.3 Å². The molecule has 1 amide bonds. The molecule has 1 aromatic heterocycles. The van der Waals surface area contributed by atoms with Crippen LogP contribution < -0.4 is 5.32 Å². The molecular formula is C16H18N2O4. The van der Waals surface area contributed by atoms with Crippen molar-refractivity contribution in [2.45, 2.75) is 26.7 Å². The topological polar surface area (TPSA) is 88.3 Å². The van der Waals surface area contributed by atoms with Crippen molar-refractivity contribution in [3.05, 3.63) is 39.9 Å². The van der Waals surface area contributed by atoms with Gasteiger partial charge in [0.05, 0.1) is 12.8 Å². The van der Waals surface area contributed by atoms with E-state index in [2.05, 4.69) is 15.0 Å². The molecule has 116 valence electrons. The summed E-state index contributed by atoms with van der Waals surface area (Å²) < 4.78 is 4.59. The third-order valence-electron chi connectivity index (χ3n) is 3.68. The molecule has 0 bridgehead atoms. The Morgan fingerprint density at radius 1 is 1.36 bits per heavy atom. The van der Waals surface area contributed by atoms with Gasteiger partial charge in [-0.05, 0) is 43.5 Å². The largest absolute Gasteiger partial charge is 0.469 e. The van der Waals surface area contributed by atoms with E-state index in [1.54, 1.807) is 6.08 Å². The van der Waals surface area contributed by atoms with E-state index in [0.29, 0.717) is 23.4 Å². The lowest BCUT2D eigenvalue weighted by Crippen LogP contribution is -2.17. The summed E-state index contributed by atoms with van der Waals surface area (Å²) in [4.78, 5) is 37.0. The molecule has 0 atom stereocenters. The smallest absolute Gasteiger partial charge is 0.305 e. The molecule has 6 nitrogen and oxygen atoms in total. The molecule has 2 N–H and O–H groups in total. The molecule has 6 heteroatoms. The fraction of sp³-hybridized carbons (Fsp3) is 0.312. The van der Waals surface area contributed by atoms with Crippen LogP contribution in [0.2, 0.25) is 0 Å². The first-order valence-electron chi connectivity index (χ1n) is 6.91. The monoisotopic (exact) mass is 302 g/mol. The number of amides is 1. The number of carbonyl (C=O) groups excluding carboxylic acids is 3. The number of carbonyl (C=O) groups is 3. The zero-order chi connectivity index (χ0) is 16.3. The standard InChI is InChI=1S/C16H18N2O4/c1-9-6-11(17-14(9)8-19)7-13-10(2)12(16(21)18-13)4-5-15(20)22-3/h6-8,17H,4-5H2,1-3H3,(H,18,21)/b13-7+. The molecule has 2 heterocycles. The van der Waals surface area contributed by atoms with Crippen molar-refractivity contribution in [3.63, 3.8) is 0 Å². The molecule has 1 aliphatic rings. The third-order valence-corrected chi connectivity index (χ3v) is 3.68. The molecule has 0 saturated heterocycles. The van der Waals surface area contributed by atoms with E-state index in [1.807, 2.05) is 19.9 Å². The second kappa shape index (κ2) is 6.43. The molecular weight excluding hydrogens is 284 g/mol. The predicted molar refractivity (Wildman–Crippen MR) is 81.0 cm³/mol. The van der Waals surface area contributed by atoms with Crippen LogP contribution >= 0.6 is 0 Å². The lowest BCUT2D eigenvalue weighted by molar-refractivity contribution is -0.140. The van der Waals surface area contributed by atoms with Crippen LogP contribution in [0.25, 0.3) is 6.08 Å². The highest BCUT2D eigenvalue weighted by Crippen LogP contribution is 2.25. The molecule has 0 saturated carbocycles. The molecule has 1 aromatic rings. The van der Waals surface area contributed by atoms with Gasteiger partial charge in [-0.3, -0.25) is 14.4 Å². The third kappa shape index (κ3) is 3.16. The van der Waals surface area contributed by atoms with Gasteiger partial charge in [0.25, 0.3) is 5.91 Å². The van der Waals surface area contributed by atoms with E-state index in [-0.39, 0.29) is 18.3 Å². The minimum absolute atomic E-state index is 0.167. The van der Waals surface area contributed by atoms with Gasteiger partial charge in [0.1, 0.15) is 0 Å². The van der Waals surface area contributed by atoms with Crippen LogP contribution in [-0.4, -0.2) is 30.3 Å². The number of aryl methyl sites for hydroxylation is 1. The molecule has 0 unspecified atom stereocenters. The van der Waals surface area contributed by atoms with Gasteiger partial charge in [-0.25, -0.2) is 0 Å². The second-order valence-electron chi connectivity index (χ2n) is 5.13. The molecule has 1 aliphatic heterocycles. The number of aromatic amines is 1. The highest BCUT2D eigenvalue weighted by atomic mass is 16.5. The molecule has 2 rings (SSSR count). The van der Waals surface area contributed by atoms with Crippen molar-refractivity contribution < 1.29 is 19.1 Å².